The van der Waals surface area contributed by atoms with Gasteiger partial charge in [-0.1, -0.05) is 5.16 Å². The van der Waals surface area contributed by atoms with Gasteiger partial charge in [0.25, 0.3) is 5.91 Å². The Kier molecular flexibility index (Phi) is 4.31. The summed E-state index contributed by atoms with van der Waals surface area (Å²) in [5.74, 6) is 2.85. The predicted octanol–water partition coefficient (Wildman–Crippen LogP) is 3.45. The molecule has 0 saturated carbocycles. The number of fused-ring (bicyclic) bond motifs is 1. The minimum Gasteiger partial charge on any atom is -0.497 e. The van der Waals surface area contributed by atoms with E-state index in [0.717, 1.165) is 24.2 Å². The number of rotatable bonds is 4. The van der Waals surface area contributed by atoms with E-state index in [2.05, 4.69) is 10.1 Å². The van der Waals surface area contributed by atoms with E-state index >= 15 is 0 Å². The van der Waals surface area contributed by atoms with Gasteiger partial charge in [0.15, 0.2) is 11.5 Å². The van der Waals surface area contributed by atoms with Crippen LogP contribution in [0.4, 0.5) is 0 Å². The highest BCUT2D eigenvalue weighted by molar-refractivity contribution is 5.95. The number of carbonyl (C=O) groups excluding carboxylic acids is 1. The van der Waals surface area contributed by atoms with E-state index in [-0.39, 0.29) is 18.7 Å². The Bertz CT molecular complexity index is 1050. The molecule has 1 unspecified atom stereocenters. The zero-order valence-corrected chi connectivity index (χ0v) is 15.8. The summed E-state index contributed by atoms with van der Waals surface area (Å²) in [5, 5.41) is 4.10. The van der Waals surface area contributed by atoms with Crippen LogP contribution in [-0.2, 0) is 0 Å². The van der Waals surface area contributed by atoms with Gasteiger partial charge in [0.05, 0.1) is 7.11 Å². The van der Waals surface area contributed by atoms with E-state index in [4.69, 9.17) is 18.7 Å². The number of ether oxygens (including phenoxy) is 3. The van der Waals surface area contributed by atoms with Crippen molar-refractivity contribution < 1.29 is 23.5 Å². The number of carbonyl (C=O) groups is 1. The highest BCUT2D eigenvalue weighted by Gasteiger charge is 2.35. The molecule has 0 bridgehead atoms. The van der Waals surface area contributed by atoms with E-state index in [0.29, 0.717) is 35.3 Å². The van der Waals surface area contributed by atoms with Gasteiger partial charge in [-0.05, 0) is 55.3 Å². The second kappa shape index (κ2) is 7.12. The lowest BCUT2D eigenvalue weighted by Gasteiger charge is -2.22. The van der Waals surface area contributed by atoms with Gasteiger partial charge in [-0.25, -0.2) is 0 Å². The number of likely N-dealkylation sites (tertiary alicyclic amines) is 1. The van der Waals surface area contributed by atoms with Crippen molar-refractivity contribution in [1.82, 2.24) is 15.0 Å². The van der Waals surface area contributed by atoms with E-state index in [9.17, 15) is 4.79 Å². The lowest BCUT2D eigenvalue weighted by Crippen LogP contribution is -2.30. The van der Waals surface area contributed by atoms with Crippen LogP contribution in [0.5, 0.6) is 17.2 Å². The molecule has 0 aliphatic carbocycles. The topological polar surface area (TPSA) is 86.9 Å². The average Bonchev–Trinajstić information content (AvgIpc) is 3.52. The minimum atomic E-state index is -0.243. The van der Waals surface area contributed by atoms with Crippen molar-refractivity contribution >= 4 is 5.91 Å². The maximum atomic E-state index is 13.1. The summed E-state index contributed by atoms with van der Waals surface area (Å²) in [6, 6.07) is 12.4. The molecule has 3 heterocycles. The smallest absolute Gasteiger partial charge is 0.254 e. The fraction of sp³-hybridized carbons (Fsp3) is 0.286. The maximum Gasteiger partial charge on any atom is 0.254 e. The normalized spacial score (nSPS) is 17.6. The zero-order chi connectivity index (χ0) is 19.8. The summed E-state index contributed by atoms with van der Waals surface area (Å²) in [7, 11) is 1.62. The van der Waals surface area contributed by atoms with Gasteiger partial charge < -0.3 is 23.6 Å². The SMILES string of the molecule is COc1ccc(-c2noc(C3CCCN3C(=O)c3ccc4c(c3)OCO4)n2)cc1. The summed E-state index contributed by atoms with van der Waals surface area (Å²) >= 11 is 0. The number of methoxy groups -OCH3 is 1. The van der Waals surface area contributed by atoms with Crippen LogP contribution in [0.1, 0.15) is 35.1 Å². The first-order valence-corrected chi connectivity index (χ1v) is 9.41. The third-order valence-electron chi connectivity index (χ3n) is 5.21. The molecule has 0 spiro atoms. The van der Waals surface area contributed by atoms with Crippen molar-refractivity contribution in [3.05, 3.63) is 53.9 Å². The molecular weight excluding hydrogens is 374 g/mol. The van der Waals surface area contributed by atoms with Crippen LogP contribution in [0, 0.1) is 0 Å². The van der Waals surface area contributed by atoms with Crippen molar-refractivity contribution in [2.24, 2.45) is 0 Å². The lowest BCUT2D eigenvalue weighted by molar-refractivity contribution is 0.0709. The standard InChI is InChI=1S/C21H19N3O5/c1-26-15-7-4-13(5-8-15)19-22-20(29-23-19)16-3-2-10-24(16)21(25)14-6-9-17-18(11-14)28-12-27-17/h4-9,11,16H,2-3,10,12H2,1H3. The van der Waals surface area contributed by atoms with Crippen LogP contribution in [0.2, 0.25) is 0 Å². The van der Waals surface area contributed by atoms with Crippen molar-refractivity contribution in [3.63, 3.8) is 0 Å². The maximum absolute atomic E-state index is 13.1. The molecule has 29 heavy (non-hydrogen) atoms. The van der Waals surface area contributed by atoms with E-state index in [1.54, 1.807) is 30.2 Å². The van der Waals surface area contributed by atoms with Gasteiger partial charge in [0, 0.05) is 17.7 Å². The Morgan fingerprint density at radius 1 is 1.14 bits per heavy atom. The fourth-order valence-electron chi connectivity index (χ4n) is 3.69. The Balaban J connectivity index is 1.38. The van der Waals surface area contributed by atoms with Crippen molar-refractivity contribution in [3.8, 4) is 28.6 Å². The Labute approximate surface area is 167 Å². The van der Waals surface area contributed by atoms with Crippen LogP contribution in [0.15, 0.2) is 47.0 Å². The summed E-state index contributed by atoms with van der Waals surface area (Å²) in [6.45, 7) is 0.813. The van der Waals surface area contributed by atoms with Gasteiger partial charge in [0.2, 0.25) is 18.5 Å². The van der Waals surface area contributed by atoms with E-state index in [1.165, 1.54) is 0 Å². The third kappa shape index (κ3) is 3.16. The van der Waals surface area contributed by atoms with Crippen LogP contribution in [0.25, 0.3) is 11.4 Å². The first kappa shape index (κ1) is 17.5. The second-order valence-electron chi connectivity index (χ2n) is 6.91. The molecule has 8 nitrogen and oxygen atoms in total. The molecule has 3 aromatic rings. The van der Waals surface area contributed by atoms with Crippen LogP contribution in [-0.4, -0.2) is 41.4 Å². The highest BCUT2D eigenvalue weighted by atomic mass is 16.7. The molecule has 1 saturated heterocycles. The van der Waals surface area contributed by atoms with Crippen molar-refractivity contribution in [2.75, 3.05) is 20.4 Å². The molecule has 1 amide bonds. The third-order valence-corrected chi connectivity index (χ3v) is 5.21. The molecule has 5 rings (SSSR count). The molecule has 2 aliphatic heterocycles. The van der Waals surface area contributed by atoms with Crippen LogP contribution >= 0.6 is 0 Å². The molecule has 148 valence electrons. The predicted molar refractivity (Wildman–Crippen MR) is 102 cm³/mol. The fourth-order valence-corrected chi connectivity index (χ4v) is 3.69. The van der Waals surface area contributed by atoms with Crippen molar-refractivity contribution in [1.29, 1.82) is 0 Å². The largest absolute Gasteiger partial charge is 0.497 e. The molecule has 2 aromatic carbocycles. The van der Waals surface area contributed by atoms with Gasteiger partial charge in [-0.3, -0.25) is 4.79 Å². The number of benzene rings is 2. The van der Waals surface area contributed by atoms with Crippen molar-refractivity contribution in [2.45, 2.75) is 18.9 Å². The lowest BCUT2D eigenvalue weighted by atomic mass is 10.1. The van der Waals surface area contributed by atoms with E-state index < -0.39 is 0 Å². The Morgan fingerprint density at radius 3 is 2.79 bits per heavy atom. The quantitative estimate of drug-likeness (QED) is 0.671. The van der Waals surface area contributed by atoms with Crippen LogP contribution in [0.3, 0.4) is 0 Å². The van der Waals surface area contributed by atoms with Gasteiger partial charge >= 0.3 is 0 Å². The molecule has 0 radical (unpaired) electrons. The summed E-state index contributed by atoms with van der Waals surface area (Å²) in [6.07, 6.45) is 1.65. The zero-order valence-electron chi connectivity index (χ0n) is 15.8. The molecule has 1 fully saturated rings. The summed E-state index contributed by atoms with van der Waals surface area (Å²) in [5.41, 5.74) is 1.38. The van der Waals surface area contributed by atoms with Gasteiger partial charge in [0.1, 0.15) is 11.8 Å². The molecule has 1 atom stereocenters. The highest BCUT2D eigenvalue weighted by Crippen LogP contribution is 2.36. The average molecular weight is 393 g/mol. The number of amides is 1. The number of nitrogens with zero attached hydrogens (tertiary/aromatic N) is 3. The summed E-state index contributed by atoms with van der Waals surface area (Å²) < 4.78 is 21.4. The minimum absolute atomic E-state index is 0.0880. The first-order chi connectivity index (χ1) is 14.2. The summed E-state index contributed by atoms with van der Waals surface area (Å²) in [4.78, 5) is 19.4. The van der Waals surface area contributed by atoms with Gasteiger partial charge in [-0.15, -0.1) is 0 Å². The Morgan fingerprint density at radius 2 is 1.97 bits per heavy atom. The molecule has 1 aromatic heterocycles. The first-order valence-electron chi connectivity index (χ1n) is 9.41. The molecule has 2 aliphatic rings. The molecular formula is C21H19N3O5. The molecule has 8 heteroatoms. The van der Waals surface area contributed by atoms with Gasteiger partial charge in [-0.2, -0.15) is 4.98 Å². The molecule has 0 N–H and O–H groups in total. The Hall–Kier alpha value is -3.55. The number of aromatic nitrogens is 2. The van der Waals surface area contributed by atoms with Crippen LogP contribution < -0.4 is 14.2 Å². The second-order valence-corrected chi connectivity index (χ2v) is 6.91. The van der Waals surface area contributed by atoms with E-state index in [1.807, 2.05) is 24.3 Å². The monoisotopic (exact) mass is 393 g/mol. The number of hydrogen-bond donors (Lipinski definition) is 0. The number of hydrogen-bond acceptors (Lipinski definition) is 7.